The highest BCUT2D eigenvalue weighted by Crippen LogP contribution is 2.25. The molecule has 0 aliphatic carbocycles. The Morgan fingerprint density at radius 3 is 2.46 bits per heavy atom. The van der Waals surface area contributed by atoms with Gasteiger partial charge >= 0.3 is 0 Å². The lowest BCUT2D eigenvalue weighted by Crippen LogP contribution is -2.18. The summed E-state index contributed by atoms with van der Waals surface area (Å²) in [5.41, 5.74) is 2.91. The van der Waals surface area contributed by atoms with Crippen molar-refractivity contribution in [2.24, 2.45) is 5.10 Å². The Hall–Kier alpha value is -3.74. The van der Waals surface area contributed by atoms with Gasteiger partial charge in [-0.25, -0.2) is 5.43 Å². The van der Waals surface area contributed by atoms with Gasteiger partial charge in [-0.3, -0.25) is 14.9 Å². The van der Waals surface area contributed by atoms with Crippen LogP contribution in [0.5, 0.6) is 5.75 Å². The van der Waals surface area contributed by atoms with Crippen LogP contribution in [0.15, 0.2) is 65.8 Å². The molecule has 0 aliphatic rings. The van der Waals surface area contributed by atoms with E-state index in [9.17, 15) is 14.9 Å². The molecule has 3 rings (SSSR count). The lowest BCUT2D eigenvalue weighted by Gasteiger charge is -2.09. The van der Waals surface area contributed by atoms with Crippen molar-refractivity contribution in [1.29, 1.82) is 0 Å². The third kappa shape index (κ3) is 3.51. The minimum atomic E-state index is -0.504. The first-order chi connectivity index (χ1) is 12.6. The van der Waals surface area contributed by atoms with Crippen LogP contribution in [0.1, 0.15) is 15.9 Å². The summed E-state index contributed by atoms with van der Waals surface area (Å²) in [6.45, 7) is 0. The summed E-state index contributed by atoms with van der Waals surface area (Å²) < 4.78 is 5.29. The van der Waals surface area contributed by atoms with Crippen LogP contribution in [0.2, 0.25) is 0 Å². The highest BCUT2D eigenvalue weighted by atomic mass is 16.6. The Kier molecular flexibility index (Phi) is 4.89. The van der Waals surface area contributed by atoms with Crippen LogP contribution in [-0.4, -0.2) is 24.2 Å². The predicted molar refractivity (Wildman–Crippen MR) is 98.7 cm³/mol. The second-order valence-corrected chi connectivity index (χ2v) is 5.41. The quantitative estimate of drug-likeness (QED) is 0.433. The summed E-state index contributed by atoms with van der Waals surface area (Å²) in [6.07, 6.45) is 1.24. The topological polar surface area (TPSA) is 93.8 Å². The molecule has 0 unspecified atom stereocenters. The van der Waals surface area contributed by atoms with Crippen LogP contribution in [0.25, 0.3) is 10.8 Å². The van der Waals surface area contributed by atoms with E-state index in [0.29, 0.717) is 16.9 Å². The standard InChI is InChI=1S/C19H15N3O4/c1-26-18-11-14-7-3-2-6-13(14)10-16(18)19(23)21-20-12-15-8-4-5-9-17(15)22(24)25/h2-12H,1H3,(H,21,23)/b20-12-. The molecule has 3 aromatic carbocycles. The van der Waals surface area contributed by atoms with Crippen LogP contribution in [-0.2, 0) is 0 Å². The van der Waals surface area contributed by atoms with E-state index in [1.54, 1.807) is 30.3 Å². The fraction of sp³-hybridized carbons (Fsp3) is 0.0526. The molecule has 0 saturated carbocycles. The van der Waals surface area contributed by atoms with Gasteiger partial charge in [-0.1, -0.05) is 36.4 Å². The summed E-state index contributed by atoms with van der Waals surface area (Å²) in [5.74, 6) is -0.0514. The normalized spacial score (nSPS) is 10.8. The molecule has 26 heavy (non-hydrogen) atoms. The zero-order valence-electron chi connectivity index (χ0n) is 13.9. The van der Waals surface area contributed by atoms with Crippen molar-refractivity contribution in [3.63, 3.8) is 0 Å². The third-order valence-electron chi connectivity index (χ3n) is 3.82. The SMILES string of the molecule is COc1cc2ccccc2cc1C(=O)N/N=C\c1ccccc1[N+](=O)[O-]. The molecule has 0 fully saturated rings. The molecule has 0 aliphatic heterocycles. The van der Waals surface area contributed by atoms with Gasteiger partial charge in [0.1, 0.15) is 5.75 Å². The second kappa shape index (κ2) is 7.43. The summed E-state index contributed by atoms with van der Waals surface area (Å²) >= 11 is 0. The van der Waals surface area contributed by atoms with Crippen LogP contribution >= 0.6 is 0 Å². The molecule has 0 heterocycles. The minimum absolute atomic E-state index is 0.0891. The number of methoxy groups -OCH3 is 1. The molecule has 0 spiro atoms. The van der Waals surface area contributed by atoms with E-state index in [1.165, 1.54) is 19.4 Å². The van der Waals surface area contributed by atoms with Gasteiger partial charge in [0.15, 0.2) is 0 Å². The summed E-state index contributed by atoms with van der Waals surface area (Å²) in [5, 5.41) is 16.7. The van der Waals surface area contributed by atoms with Gasteiger partial charge in [-0.2, -0.15) is 5.10 Å². The second-order valence-electron chi connectivity index (χ2n) is 5.41. The van der Waals surface area contributed by atoms with Gasteiger partial charge in [0.05, 0.1) is 29.4 Å². The molecular weight excluding hydrogens is 334 g/mol. The van der Waals surface area contributed by atoms with Gasteiger partial charge in [0.2, 0.25) is 0 Å². The maximum Gasteiger partial charge on any atom is 0.278 e. The van der Waals surface area contributed by atoms with E-state index in [0.717, 1.165) is 10.8 Å². The smallest absolute Gasteiger partial charge is 0.278 e. The molecule has 3 aromatic rings. The molecular formula is C19H15N3O4. The van der Waals surface area contributed by atoms with Gasteiger partial charge in [-0.05, 0) is 29.0 Å². The Balaban J connectivity index is 1.85. The number of benzene rings is 3. The summed E-state index contributed by atoms with van der Waals surface area (Å²) in [7, 11) is 1.48. The molecule has 0 saturated heterocycles. The molecule has 0 radical (unpaired) electrons. The average molecular weight is 349 g/mol. The van der Waals surface area contributed by atoms with Crippen LogP contribution < -0.4 is 10.2 Å². The molecule has 7 heteroatoms. The number of ether oxygens (including phenoxy) is 1. The predicted octanol–water partition coefficient (Wildman–Crippen LogP) is 3.52. The first-order valence-electron chi connectivity index (χ1n) is 7.74. The number of hydrogen-bond acceptors (Lipinski definition) is 5. The number of amides is 1. The van der Waals surface area contributed by atoms with Crippen LogP contribution in [0.4, 0.5) is 5.69 Å². The van der Waals surface area contributed by atoms with Gasteiger partial charge in [0, 0.05) is 6.07 Å². The molecule has 1 amide bonds. The average Bonchev–Trinajstić information content (AvgIpc) is 2.67. The number of para-hydroxylation sites is 1. The van der Waals surface area contributed by atoms with Gasteiger partial charge in [-0.15, -0.1) is 0 Å². The molecule has 1 N–H and O–H groups in total. The van der Waals surface area contributed by atoms with Crippen LogP contribution in [0.3, 0.4) is 0 Å². The van der Waals surface area contributed by atoms with Crippen molar-refractivity contribution in [3.05, 3.63) is 81.9 Å². The zero-order valence-corrected chi connectivity index (χ0v) is 13.9. The zero-order chi connectivity index (χ0) is 18.5. The fourth-order valence-corrected chi connectivity index (χ4v) is 2.55. The van der Waals surface area contributed by atoms with Crippen molar-refractivity contribution in [2.45, 2.75) is 0 Å². The fourth-order valence-electron chi connectivity index (χ4n) is 2.55. The number of nitro groups is 1. The number of hydrazone groups is 1. The van der Waals surface area contributed by atoms with Crippen molar-refractivity contribution < 1.29 is 14.5 Å². The Morgan fingerprint density at radius 1 is 1.12 bits per heavy atom. The summed E-state index contributed by atoms with van der Waals surface area (Å²) in [6, 6.07) is 17.2. The molecule has 0 atom stereocenters. The maximum absolute atomic E-state index is 12.4. The van der Waals surface area contributed by atoms with E-state index in [4.69, 9.17) is 4.74 Å². The number of carbonyl (C=O) groups excluding carboxylic acids is 1. The lowest BCUT2D eigenvalue weighted by molar-refractivity contribution is -0.385. The van der Waals surface area contributed by atoms with Crippen LogP contribution in [0, 0.1) is 10.1 Å². The van der Waals surface area contributed by atoms with E-state index in [1.807, 2.05) is 24.3 Å². The number of hydrogen-bond donors (Lipinski definition) is 1. The molecule has 0 aromatic heterocycles. The Labute approximate surface area is 149 Å². The monoisotopic (exact) mass is 349 g/mol. The van der Waals surface area contributed by atoms with E-state index in [-0.39, 0.29) is 5.69 Å². The first-order valence-corrected chi connectivity index (χ1v) is 7.74. The Bertz CT molecular complexity index is 1010. The van der Waals surface area contributed by atoms with E-state index >= 15 is 0 Å². The Morgan fingerprint density at radius 2 is 1.77 bits per heavy atom. The number of nitrogens with one attached hydrogen (secondary N) is 1. The number of nitrogens with zero attached hydrogens (tertiary/aromatic N) is 2. The number of carbonyl (C=O) groups is 1. The minimum Gasteiger partial charge on any atom is -0.496 e. The van der Waals surface area contributed by atoms with Crippen molar-refractivity contribution >= 4 is 28.6 Å². The number of nitro benzene ring substituents is 1. The number of fused-ring (bicyclic) bond motifs is 1. The lowest BCUT2D eigenvalue weighted by atomic mass is 10.1. The van der Waals surface area contributed by atoms with E-state index in [2.05, 4.69) is 10.5 Å². The van der Waals surface area contributed by atoms with Gasteiger partial charge in [0.25, 0.3) is 11.6 Å². The molecule has 0 bridgehead atoms. The van der Waals surface area contributed by atoms with Crippen molar-refractivity contribution in [2.75, 3.05) is 7.11 Å². The third-order valence-corrected chi connectivity index (χ3v) is 3.82. The molecule has 7 nitrogen and oxygen atoms in total. The van der Waals surface area contributed by atoms with Gasteiger partial charge < -0.3 is 4.74 Å². The first kappa shape index (κ1) is 17.1. The van der Waals surface area contributed by atoms with Crippen molar-refractivity contribution in [3.8, 4) is 5.75 Å². The maximum atomic E-state index is 12.4. The van der Waals surface area contributed by atoms with E-state index < -0.39 is 10.8 Å². The highest BCUT2D eigenvalue weighted by Gasteiger charge is 2.14. The summed E-state index contributed by atoms with van der Waals surface area (Å²) in [4.78, 5) is 22.9. The number of rotatable bonds is 5. The highest BCUT2D eigenvalue weighted by molar-refractivity contribution is 6.02. The largest absolute Gasteiger partial charge is 0.496 e. The molecule has 130 valence electrons. The van der Waals surface area contributed by atoms with Crippen molar-refractivity contribution in [1.82, 2.24) is 5.43 Å².